The number of amides is 1. The minimum atomic E-state index is -0.242. The van der Waals surface area contributed by atoms with Crippen molar-refractivity contribution >= 4 is 18.0 Å². The molecule has 1 aromatic carbocycles. The number of hydrogen-bond acceptors (Lipinski definition) is 3. The Morgan fingerprint density at radius 2 is 1.58 bits per heavy atom. The second-order valence-corrected chi connectivity index (χ2v) is 7.69. The zero-order valence-corrected chi connectivity index (χ0v) is 15.4. The van der Waals surface area contributed by atoms with Gasteiger partial charge < -0.3 is 4.74 Å². The van der Waals surface area contributed by atoms with Crippen molar-refractivity contribution in [1.82, 2.24) is 4.90 Å². The predicted molar refractivity (Wildman–Crippen MR) is 104 cm³/mol. The molecule has 1 saturated heterocycles. The van der Waals surface area contributed by atoms with E-state index in [2.05, 4.69) is 0 Å². The van der Waals surface area contributed by atoms with Crippen LogP contribution >= 0.6 is 0 Å². The SMILES string of the molecule is O=C1O/C(=C\c2ccccc2)C(=NC2CCCCC2)N1C1CCCCC1. The van der Waals surface area contributed by atoms with Crippen LogP contribution in [0.2, 0.25) is 0 Å². The number of hydrogen-bond donors (Lipinski definition) is 0. The molecule has 3 aliphatic rings. The molecule has 1 aromatic rings. The zero-order chi connectivity index (χ0) is 17.8. The highest BCUT2D eigenvalue weighted by molar-refractivity contribution is 6.13. The monoisotopic (exact) mass is 352 g/mol. The lowest BCUT2D eigenvalue weighted by Crippen LogP contribution is -2.41. The Kier molecular flexibility index (Phi) is 5.37. The standard InChI is InChI=1S/C22H28N2O2/c25-22-24(19-14-8-3-9-15-19)21(23-18-12-6-2-7-13-18)20(26-22)16-17-10-4-1-5-11-17/h1,4-5,10-11,16,18-19H,2-3,6-9,12-15H2/b20-16-,23-21?. The first kappa shape index (κ1) is 17.3. The van der Waals surface area contributed by atoms with Crippen LogP contribution < -0.4 is 0 Å². The minimum absolute atomic E-state index is 0.236. The third-order valence-electron chi connectivity index (χ3n) is 5.76. The molecule has 1 heterocycles. The van der Waals surface area contributed by atoms with Crippen molar-refractivity contribution in [1.29, 1.82) is 0 Å². The van der Waals surface area contributed by atoms with Crippen molar-refractivity contribution in [2.45, 2.75) is 76.3 Å². The maximum absolute atomic E-state index is 12.7. The van der Waals surface area contributed by atoms with Gasteiger partial charge >= 0.3 is 6.09 Å². The molecule has 4 nitrogen and oxygen atoms in total. The van der Waals surface area contributed by atoms with Crippen LogP contribution in [0.5, 0.6) is 0 Å². The molecule has 3 fully saturated rings. The third kappa shape index (κ3) is 3.84. The molecule has 0 bridgehead atoms. The van der Waals surface area contributed by atoms with Crippen LogP contribution in [0.1, 0.15) is 69.8 Å². The summed E-state index contributed by atoms with van der Waals surface area (Å²) in [6, 6.07) is 10.6. The lowest BCUT2D eigenvalue weighted by Gasteiger charge is -2.29. The second kappa shape index (κ2) is 8.07. The zero-order valence-electron chi connectivity index (χ0n) is 15.4. The molecule has 1 aliphatic heterocycles. The van der Waals surface area contributed by atoms with Gasteiger partial charge in [0.05, 0.1) is 6.04 Å². The molecule has 2 saturated carbocycles. The van der Waals surface area contributed by atoms with Crippen LogP contribution in [0.4, 0.5) is 4.79 Å². The molecule has 26 heavy (non-hydrogen) atoms. The van der Waals surface area contributed by atoms with E-state index in [0.29, 0.717) is 11.8 Å². The highest BCUT2D eigenvalue weighted by Gasteiger charge is 2.40. The molecular formula is C22H28N2O2. The highest BCUT2D eigenvalue weighted by Crippen LogP contribution is 2.31. The molecule has 4 rings (SSSR count). The average Bonchev–Trinajstić information content (AvgIpc) is 2.99. The van der Waals surface area contributed by atoms with E-state index < -0.39 is 0 Å². The summed E-state index contributed by atoms with van der Waals surface area (Å²) in [7, 11) is 0. The highest BCUT2D eigenvalue weighted by atomic mass is 16.6. The summed E-state index contributed by atoms with van der Waals surface area (Å²) in [5.74, 6) is 1.40. The summed E-state index contributed by atoms with van der Waals surface area (Å²) >= 11 is 0. The number of nitrogens with zero attached hydrogens (tertiary/aromatic N) is 2. The van der Waals surface area contributed by atoms with E-state index in [1.807, 2.05) is 41.3 Å². The number of benzene rings is 1. The molecule has 2 aliphatic carbocycles. The van der Waals surface area contributed by atoms with Gasteiger partial charge in [0.2, 0.25) is 0 Å². The van der Waals surface area contributed by atoms with Crippen LogP contribution in [-0.4, -0.2) is 28.9 Å². The summed E-state index contributed by atoms with van der Waals surface area (Å²) in [5.41, 5.74) is 1.04. The smallest absolute Gasteiger partial charge is 0.406 e. The van der Waals surface area contributed by atoms with Gasteiger partial charge in [-0.25, -0.2) is 4.79 Å². The fourth-order valence-corrected chi connectivity index (χ4v) is 4.36. The van der Waals surface area contributed by atoms with Crippen molar-refractivity contribution < 1.29 is 9.53 Å². The van der Waals surface area contributed by atoms with Crippen molar-refractivity contribution in [3.05, 3.63) is 41.7 Å². The number of amidine groups is 1. The normalized spacial score (nSPS) is 25.8. The van der Waals surface area contributed by atoms with E-state index in [0.717, 1.165) is 37.1 Å². The van der Waals surface area contributed by atoms with Crippen LogP contribution in [0.15, 0.2) is 41.1 Å². The van der Waals surface area contributed by atoms with Crippen molar-refractivity contribution in [3.8, 4) is 0 Å². The van der Waals surface area contributed by atoms with E-state index in [-0.39, 0.29) is 12.1 Å². The molecule has 138 valence electrons. The Morgan fingerprint density at radius 1 is 0.923 bits per heavy atom. The quantitative estimate of drug-likeness (QED) is 0.716. The van der Waals surface area contributed by atoms with Gasteiger partial charge in [-0.05, 0) is 37.3 Å². The van der Waals surface area contributed by atoms with Gasteiger partial charge in [0.15, 0.2) is 11.6 Å². The van der Waals surface area contributed by atoms with Gasteiger partial charge in [-0.2, -0.15) is 0 Å². The maximum atomic E-state index is 12.7. The van der Waals surface area contributed by atoms with E-state index in [1.54, 1.807) is 0 Å². The first-order chi connectivity index (χ1) is 12.8. The van der Waals surface area contributed by atoms with Gasteiger partial charge in [-0.3, -0.25) is 9.89 Å². The topological polar surface area (TPSA) is 41.9 Å². The van der Waals surface area contributed by atoms with Crippen LogP contribution in [-0.2, 0) is 4.74 Å². The molecule has 0 radical (unpaired) electrons. The maximum Gasteiger partial charge on any atom is 0.421 e. The van der Waals surface area contributed by atoms with Gasteiger partial charge in [0, 0.05) is 6.04 Å². The van der Waals surface area contributed by atoms with Crippen LogP contribution in [0.25, 0.3) is 6.08 Å². The molecule has 0 aromatic heterocycles. The molecule has 4 heteroatoms. The Balaban J connectivity index is 1.67. The largest absolute Gasteiger partial charge is 0.421 e. The molecule has 0 spiro atoms. The summed E-state index contributed by atoms with van der Waals surface area (Å²) in [6.45, 7) is 0. The Morgan fingerprint density at radius 3 is 2.27 bits per heavy atom. The van der Waals surface area contributed by atoms with E-state index in [9.17, 15) is 4.79 Å². The predicted octanol–water partition coefficient (Wildman–Crippen LogP) is 5.54. The third-order valence-corrected chi connectivity index (χ3v) is 5.76. The minimum Gasteiger partial charge on any atom is -0.406 e. The summed E-state index contributed by atoms with van der Waals surface area (Å²) in [5, 5.41) is 0. The van der Waals surface area contributed by atoms with Crippen LogP contribution in [0.3, 0.4) is 0 Å². The summed E-state index contributed by atoms with van der Waals surface area (Å²) < 4.78 is 5.70. The molecule has 0 atom stereocenters. The Hall–Kier alpha value is -2.10. The van der Waals surface area contributed by atoms with Gasteiger partial charge in [0.25, 0.3) is 0 Å². The van der Waals surface area contributed by atoms with Crippen molar-refractivity contribution in [2.24, 2.45) is 4.99 Å². The van der Waals surface area contributed by atoms with Crippen molar-refractivity contribution in [3.63, 3.8) is 0 Å². The lowest BCUT2D eigenvalue weighted by molar-refractivity contribution is 0.154. The van der Waals surface area contributed by atoms with Gasteiger partial charge in [-0.1, -0.05) is 68.9 Å². The van der Waals surface area contributed by atoms with Gasteiger partial charge in [-0.15, -0.1) is 0 Å². The lowest BCUT2D eigenvalue weighted by atomic mass is 9.94. The number of carbonyl (C=O) groups is 1. The Labute approximate surface area is 155 Å². The molecule has 0 N–H and O–H groups in total. The van der Waals surface area contributed by atoms with E-state index in [4.69, 9.17) is 9.73 Å². The first-order valence-electron chi connectivity index (χ1n) is 10.2. The second-order valence-electron chi connectivity index (χ2n) is 7.69. The average molecular weight is 352 g/mol. The van der Waals surface area contributed by atoms with E-state index >= 15 is 0 Å². The number of cyclic esters (lactones) is 1. The number of aliphatic imine (C=N–C) groups is 1. The summed E-state index contributed by atoms with van der Waals surface area (Å²) in [4.78, 5) is 19.6. The van der Waals surface area contributed by atoms with Crippen molar-refractivity contribution in [2.75, 3.05) is 0 Å². The molecule has 0 unspecified atom stereocenters. The number of ether oxygens (including phenoxy) is 1. The van der Waals surface area contributed by atoms with E-state index in [1.165, 1.54) is 38.5 Å². The Bertz CT molecular complexity index is 683. The first-order valence-corrected chi connectivity index (χ1v) is 10.2. The van der Waals surface area contributed by atoms with Gasteiger partial charge in [0.1, 0.15) is 0 Å². The number of rotatable bonds is 3. The fourth-order valence-electron chi connectivity index (χ4n) is 4.36. The summed E-state index contributed by atoms with van der Waals surface area (Å²) in [6.07, 6.45) is 13.5. The molecular weight excluding hydrogens is 324 g/mol. The molecule has 1 amide bonds. The van der Waals surface area contributed by atoms with Crippen LogP contribution in [0, 0.1) is 0 Å². The number of carbonyl (C=O) groups excluding carboxylic acids is 1. The fraction of sp³-hybridized carbons (Fsp3) is 0.545.